The van der Waals surface area contributed by atoms with Gasteiger partial charge in [-0.2, -0.15) is 0 Å². The molecule has 2 aromatic rings. The second-order valence-electron chi connectivity index (χ2n) is 5.26. The summed E-state index contributed by atoms with van der Waals surface area (Å²) in [5.74, 6) is 1.41. The third-order valence-corrected chi connectivity index (χ3v) is 4.10. The Morgan fingerprint density at radius 3 is 2.52 bits per heavy atom. The molecule has 1 aromatic heterocycles. The molecule has 21 heavy (non-hydrogen) atoms. The molecule has 5 heteroatoms. The van der Waals surface area contributed by atoms with E-state index in [4.69, 9.17) is 15.2 Å². The molecule has 0 aliphatic carbocycles. The first kappa shape index (κ1) is 15.9. The average Bonchev–Trinajstić information content (AvgIpc) is 2.89. The van der Waals surface area contributed by atoms with Gasteiger partial charge in [0.05, 0.1) is 18.9 Å². The van der Waals surface area contributed by atoms with Crippen LogP contribution in [0, 0.1) is 5.92 Å². The number of nitrogens with two attached hydrogens (primary N) is 1. The van der Waals surface area contributed by atoms with Crippen molar-refractivity contribution in [1.29, 1.82) is 0 Å². The topological polar surface area (TPSA) is 57.4 Å². The van der Waals surface area contributed by atoms with Crippen LogP contribution in [0.2, 0.25) is 0 Å². The summed E-state index contributed by atoms with van der Waals surface area (Å²) in [4.78, 5) is 5.69. The fourth-order valence-corrected chi connectivity index (χ4v) is 2.82. The number of rotatable bonds is 7. The predicted octanol–water partition coefficient (Wildman–Crippen LogP) is 3.45. The zero-order valence-electron chi connectivity index (χ0n) is 12.8. The first-order valence-corrected chi connectivity index (χ1v) is 7.86. The molecule has 0 spiro atoms. The van der Waals surface area contributed by atoms with E-state index in [0.717, 1.165) is 33.5 Å². The number of aromatic nitrogens is 1. The first-order valence-electron chi connectivity index (χ1n) is 7.04. The average molecular weight is 306 g/mol. The zero-order valence-corrected chi connectivity index (χ0v) is 13.6. The number of nitrogens with zero attached hydrogens (tertiary/aromatic N) is 1. The van der Waals surface area contributed by atoms with Crippen molar-refractivity contribution in [3.05, 3.63) is 34.8 Å². The Morgan fingerprint density at radius 2 is 1.95 bits per heavy atom. The van der Waals surface area contributed by atoms with Crippen LogP contribution in [0.15, 0.2) is 24.3 Å². The predicted molar refractivity (Wildman–Crippen MR) is 86.5 cm³/mol. The molecule has 0 saturated heterocycles. The molecule has 1 heterocycles. The number of hydrogen-bond donors (Lipinski definition) is 1. The molecular weight excluding hydrogens is 284 g/mol. The van der Waals surface area contributed by atoms with Crippen molar-refractivity contribution in [2.45, 2.75) is 27.0 Å². The quantitative estimate of drug-likeness (QED) is 0.851. The van der Waals surface area contributed by atoms with Gasteiger partial charge in [-0.15, -0.1) is 11.3 Å². The molecule has 4 nitrogen and oxygen atoms in total. The summed E-state index contributed by atoms with van der Waals surface area (Å²) in [5.41, 5.74) is 7.77. The van der Waals surface area contributed by atoms with E-state index < -0.39 is 0 Å². The van der Waals surface area contributed by atoms with E-state index in [1.807, 2.05) is 24.3 Å². The Kier molecular flexibility index (Phi) is 5.73. The highest BCUT2D eigenvalue weighted by Gasteiger charge is 2.11. The summed E-state index contributed by atoms with van der Waals surface area (Å²) in [6.07, 6.45) is 0. The molecule has 2 N–H and O–H groups in total. The fraction of sp³-hybridized carbons (Fsp3) is 0.438. The van der Waals surface area contributed by atoms with Gasteiger partial charge in [-0.05, 0) is 30.2 Å². The maximum Gasteiger partial charge on any atom is 0.124 e. The number of ether oxygens (including phenoxy) is 2. The van der Waals surface area contributed by atoms with Gasteiger partial charge in [0.25, 0.3) is 0 Å². The lowest BCUT2D eigenvalue weighted by Crippen LogP contribution is -2.04. The van der Waals surface area contributed by atoms with Crippen molar-refractivity contribution in [3.63, 3.8) is 0 Å². The van der Waals surface area contributed by atoms with Gasteiger partial charge in [-0.1, -0.05) is 13.8 Å². The standard InChI is InChI=1S/C16H22N2O2S/c1-11(2)9-20-13-6-4-12(5-7-13)16-18-14(10-19-3)15(8-17)21-16/h4-7,11H,8-10,17H2,1-3H3. The normalized spacial score (nSPS) is 11.1. The minimum Gasteiger partial charge on any atom is -0.493 e. The van der Waals surface area contributed by atoms with Crippen molar-refractivity contribution in [2.75, 3.05) is 13.7 Å². The second-order valence-corrected chi connectivity index (χ2v) is 6.34. The van der Waals surface area contributed by atoms with Gasteiger partial charge in [-0.3, -0.25) is 0 Å². The van der Waals surface area contributed by atoms with E-state index >= 15 is 0 Å². The maximum atomic E-state index is 5.76. The SMILES string of the molecule is COCc1nc(-c2ccc(OCC(C)C)cc2)sc1CN. The lowest BCUT2D eigenvalue weighted by molar-refractivity contribution is 0.181. The van der Waals surface area contributed by atoms with Crippen LogP contribution in [0.25, 0.3) is 10.6 Å². The molecule has 0 saturated carbocycles. The number of benzene rings is 1. The summed E-state index contributed by atoms with van der Waals surface area (Å²) < 4.78 is 10.9. The summed E-state index contributed by atoms with van der Waals surface area (Å²) in [5, 5.41) is 0.970. The van der Waals surface area contributed by atoms with Gasteiger partial charge in [0.2, 0.25) is 0 Å². The van der Waals surface area contributed by atoms with E-state index in [1.54, 1.807) is 18.4 Å². The Hall–Kier alpha value is -1.43. The minimum absolute atomic E-state index is 0.492. The van der Waals surface area contributed by atoms with Gasteiger partial charge in [0.1, 0.15) is 10.8 Å². The van der Waals surface area contributed by atoms with Crippen LogP contribution in [-0.2, 0) is 17.9 Å². The van der Waals surface area contributed by atoms with Crippen LogP contribution in [0.1, 0.15) is 24.4 Å². The summed E-state index contributed by atoms with van der Waals surface area (Å²) in [6.45, 7) is 5.99. The van der Waals surface area contributed by atoms with Gasteiger partial charge in [0, 0.05) is 24.1 Å². The Bertz CT molecular complexity index is 564. The van der Waals surface area contributed by atoms with Gasteiger partial charge < -0.3 is 15.2 Å². The Morgan fingerprint density at radius 1 is 1.24 bits per heavy atom. The Labute approximate surface area is 129 Å². The molecule has 0 amide bonds. The van der Waals surface area contributed by atoms with Crippen molar-refractivity contribution >= 4 is 11.3 Å². The smallest absolute Gasteiger partial charge is 0.124 e. The van der Waals surface area contributed by atoms with Gasteiger partial charge in [-0.25, -0.2) is 4.98 Å². The van der Waals surface area contributed by atoms with E-state index in [0.29, 0.717) is 19.1 Å². The maximum absolute atomic E-state index is 5.76. The summed E-state index contributed by atoms with van der Waals surface area (Å²) in [6, 6.07) is 8.03. The molecule has 0 aliphatic heterocycles. The van der Waals surface area contributed by atoms with Crippen molar-refractivity contribution in [3.8, 4) is 16.3 Å². The summed E-state index contributed by atoms with van der Waals surface area (Å²) >= 11 is 1.62. The molecule has 0 aliphatic rings. The largest absolute Gasteiger partial charge is 0.493 e. The van der Waals surface area contributed by atoms with E-state index in [2.05, 4.69) is 18.8 Å². The Balaban J connectivity index is 2.14. The molecule has 0 atom stereocenters. The highest BCUT2D eigenvalue weighted by molar-refractivity contribution is 7.15. The zero-order chi connectivity index (χ0) is 15.2. The van der Waals surface area contributed by atoms with E-state index in [1.165, 1.54) is 0 Å². The molecule has 0 bridgehead atoms. The van der Waals surface area contributed by atoms with E-state index in [-0.39, 0.29) is 0 Å². The molecule has 0 radical (unpaired) electrons. The minimum atomic E-state index is 0.492. The molecule has 1 aromatic carbocycles. The first-order chi connectivity index (χ1) is 10.1. The third kappa shape index (κ3) is 4.27. The number of hydrogen-bond acceptors (Lipinski definition) is 5. The van der Waals surface area contributed by atoms with Crippen LogP contribution in [0.3, 0.4) is 0 Å². The molecule has 0 fully saturated rings. The van der Waals surface area contributed by atoms with Crippen LogP contribution in [0.4, 0.5) is 0 Å². The van der Waals surface area contributed by atoms with Crippen LogP contribution >= 0.6 is 11.3 Å². The van der Waals surface area contributed by atoms with Gasteiger partial charge >= 0.3 is 0 Å². The fourth-order valence-electron chi connectivity index (χ4n) is 1.87. The third-order valence-electron chi connectivity index (χ3n) is 2.93. The van der Waals surface area contributed by atoms with Crippen molar-refractivity contribution < 1.29 is 9.47 Å². The van der Waals surface area contributed by atoms with Crippen molar-refractivity contribution in [2.24, 2.45) is 11.7 Å². The molecule has 0 unspecified atom stereocenters. The van der Waals surface area contributed by atoms with Crippen LogP contribution in [-0.4, -0.2) is 18.7 Å². The number of thiazole rings is 1. The van der Waals surface area contributed by atoms with Crippen molar-refractivity contribution in [1.82, 2.24) is 4.98 Å². The molecular formula is C16H22N2O2S. The molecule has 2 rings (SSSR count). The number of methoxy groups -OCH3 is 1. The lowest BCUT2D eigenvalue weighted by atomic mass is 10.2. The molecule has 114 valence electrons. The second kappa shape index (κ2) is 7.54. The highest BCUT2D eigenvalue weighted by atomic mass is 32.1. The lowest BCUT2D eigenvalue weighted by Gasteiger charge is -2.08. The van der Waals surface area contributed by atoms with Crippen LogP contribution < -0.4 is 10.5 Å². The monoisotopic (exact) mass is 306 g/mol. The van der Waals surface area contributed by atoms with Crippen LogP contribution in [0.5, 0.6) is 5.75 Å². The highest BCUT2D eigenvalue weighted by Crippen LogP contribution is 2.29. The summed E-state index contributed by atoms with van der Waals surface area (Å²) in [7, 11) is 1.67. The van der Waals surface area contributed by atoms with E-state index in [9.17, 15) is 0 Å². The van der Waals surface area contributed by atoms with Gasteiger partial charge in [0.15, 0.2) is 0 Å².